The number of hydrogen-bond donors (Lipinski definition) is 1. The molecule has 1 heterocycles. The number of halogens is 2. The third-order valence-corrected chi connectivity index (χ3v) is 3.38. The standard InChI is InChI=1S/C13H14Cl2N2O2/c1-13(2,6-18)5-17-7-16-11-9(12(17)19)3-8(14)4-10(11)15/h3-4,7,18H,5-6H2,1-2H3. The summed E-state index contributed by atoms with van der Waals surface area (Å²) in [6.07, 6.45) is 1.45. The smallest absolute Gasteiger partial charge is 0.261 e. The lowest BCUT2D eigenvalue weighted by molar-refractivity contribution is 0.139. The van der Waals surface area contributed by atoms with E-state index in [9.17, 15) is 9.90 Å². The van der Waals surface area contributed by atoms with Gasteiger partial charge in [0.1, 0.15) is 0 Å². The van der Waals surface area contributed by atoms with Gasteiger partial charge in [-0.25, -0.2) is 4.98 Å². The van der Waals surface area contributed by atoms with Crippen LogP contribution in [-0.2, 0) is 6.54 Å². The van der Waals surface area contributed by atoms with Crippen LogP contribution in [0, 0.1) is 5.41 Å². The van der Waals surface area contributed by atoms with Crippen LogP contribution in [0.2, 0.25) is 10.0 Å². The van der Waals surface area contributed by atoms with Gasteiger partial charge in [-0.1, -0.05) is 37.0 Å². The van der Waals surface area contributed by atoms with Crippen molar-refractivity contribution in [3.05, 3.63) is 38.9 Å². The van der Waals surface area contributed by atoms with E-state index in [1.54, 1.807) is 12.1 Å². The van der Waals surface area contributed by atoms with Crippen molar-refractivity contribution in [1.29, 1.82) is 0 Å². The molecule has 4 nitrogen and oxygen atoms in total. The average Bonchev–Trinajstić information content (AvgIpc) is 2.33. The first-order valence-corrected chi connectivity index (χ1v) is 6.55. The van der Waals surface area contributed by atoms with Crippen molar-refractivity contribution < 1.29 is 5.11 Å². The van der Waals surface area contributed by atoms with Gasteiger partial charge in [0.2, 0.25) is 0 Å². The van der Waals surface area contributed by atoms with Crippen molar-refractivity contribution in [2.45, 2.75) is 20.4 Å². The van der Waals surface area contributed by atoms with E-state index in [-0.39, 0.29) is 12.2 Å². The Kier molecular flexibility index (Phi) is 3.85. The first kappa shape index (κ1) is 14.3. The summed E-state index contributed by atoms with van der Waals surface area (Å²) >= 11 is 11.9. The molecule has 0 saturated heterocycles. The number of rotatable bonds is 3. The zero-order valence-electron chi connectivity index (χ0n) is 10.7. The minimum absolute atomic E-state index is 0.0201. The molecule has 6 heteroatoms. The van der Waals surface area contributed by atoms with Gasteiger partial charge in [-0.2, -0.15) is 0 Å². The zero-order chi connectivity index (χ0) is 14.2. The van der Waals surface area contributed by atoms with Crippen LogP contribution in [0.1, 0.15) is 13.8 Å². The molecule has 1 N–H and O–H groups in total. The van der Waals surface area contributed by atoms with Crippen molar-refractivity contribution >= 4 is 34.1 Å². The minimum Gasteiger partial charge on any atom is -0.396 e. The topological polar surface area (TPSA) is 55.1 Å². The van der Waals surface area contributed by atoms with Crippen LogP contribution in [-0.4, -0.2) is 21.3 Å². The van der Waals surface area contributed by atoms with Crippen LogP contribution in [0.15, 0.2) is 23.3 Å². The average molecular weight is 301 g/mol. The van der Waals surface area contributed by atoms with Crippen LogP contribution >= 0.6 is 23.2 Å². The second-order valence-corrected chi connectivity index (χ2v) is 6.13. The minimum atomic E-state index is -0.401. The lowest BCUT2D eigenvalue weighted by Gasteiger charge is -2.22. The fourth-order valence-electron chi connectivity index (χ4n) is 1.82. The Morgan fingerprint density at radius 2 is 2.05 bits per heavy atom. The number of benzene rings is 1. The molecule has 0 atom stereocenters. The molecule has 0 bridgehead atoms. The number of aliphatic hydroxyl groups is 1. The van der Waals surface area contributed by atoms with Crippen molar-refractivity contribution in [3.8, 4) is 0 Å². The summed E-state index contributed by atoms with van der Waals surface area (Å²) in [6, 6.07) is 3.11. The van der Waals surface area contributed by atoms with Gasteiger partial charge in [-0.3, -0.25) is 9.36 Å². The predicted molar refractivity (Wildman–Crippen MR) is 76.9 cm³/mol. The molecule has 0 spiro atoms. The molecule has 19 heavy (non-hydrogen) atoms. The second kappa shape index (κ2) is 5.12. The van der Waals surface area contributed by atoms with Gasteiger partial charge in [0.05, 0.1) is 22.3 Å². The lowest BCUT2D eigenvalue weighted by Crippen LogP contribution is -2.31. The molecule has 0 fully saturated rings. The van der Waals surface area contributed by atoms with Gasteiger partial charge >= 0.3 is 0 Å². The van der Waals surface area contributed by atoms with Crippen LogP contribution in [0.3, 0.4) is 0 Å². The predicted octanol–water partition coefficient (Wildman–Crippen LogP) is 2.72. The van der Waals surface area contributed by atoms with Crippen LogP contribution in [0.4, 0.5) is 0 Å². The Labute approximate surface area is 120 Å². The molecule has 0 aliphatic rings. The fourth-order valence-corrected chi connectivity index (χ4v) is 2.36. The van der Waals surface area contributed by atoms with Gasteiger partial charge < -0.3 is 5.11 Å². The Morgan fingerprint density at radius 3 is 2.68 bits per heavy atom. The van der Waals surface area contributed by atoms with E-state index in [2.05, 4.69) is 4.98 Å². The van der Waals surface area contributed by atoms with Crippen molar-refractivity contribution in [2.24, 2.45) is 5.41 Å². The number of aromatic nitrogens is 2. The zero-order valence-corrected chi connectivity index (χ0v) is 12.2. The fraction of sp³-hybridized carbons (Fsp3) is 0.385. The number of fused-ring (bicyclic) bond motifs is 1. The van der Waals surface area contributed by atoms with Crippen molar-refractivity contribution in [2.75, 3.05) is 6.61 Å². The largest absolute Gasteiger partial charge is 0.396 e. The molecule has 0 amide bonds. The molecule has 0 unspecified atom stereocenters. The van der Waals surface area contributed by atoms with Gasteiger partial charge in [0.15, 0.2) is 0 Å². The van der Waals surface area contributed by atoms with E-state index in [4.69, 9.17) is 23.2 Å². The molecule has 2 aromatic rings. The summed E-state index contributed by atoms with van der Waals surface area (Å²) in [4.78, 5) is 16.5. The van der Waals surface area contributed by atoms with E-state index < -0.39 is 5.41 Å². The number of hydrogen-bond acceptors (Lipinski definition) is 3. The molecule has 2 rings (SSSR count). The van der Waals surface area contributed by atoms with E-state index >= 15 is 0 Å². The Balaban J connectivity index is 2.61. The van der Waals surface area contributed by atoms with Crippen LogP contribution in [0.25, 0.3) is 10.9 Å². The Morgan fingerprint density at radius 1 is 1.37 bits per heavy atom. The quantitative estimate of drug-likeness (QED) is 0.948. The summed E-state index contributed by atoms with van der Waals surface area (Å²) in [5.41, 5.74) is -0.174. The maximum Gasteiger partial charge on any atom is 0.261 e. The first-order chi connectivity index (χ1) is 8.84. The molecular formula is C13H14Cl2N2O2. The summed E-state index contributed by atoms with van der Waals surface area (Å²) in [5, 5.41) is 10.4. The molecule has 1 aromatic heterocycles. The van der Waals surface area contributed by atoms with Crippen molar-refractivity contribution in [3.63, 3.8) is 0 Å². The second-order valence-electron chi connectivity index (χ2n) is 5.28. The highest BCUT2D eigenvalue weighted by molar-refractivity contribution is 6.38. The van der Waals surface area contributed by atoms with Gasteiger partial charge in [-0.05, 0) is 12.1 Å². The summed E-state index contributed by atoms with van der Waals surface area (Å²) in [5.74, 6) is 0. The molecule has 0 aliphatic heterocycles. The molecule has 0 aliphatic carbocycles. The Hall–Kier alpha value is -1.10. The molecule has 102 valence electrons. The molecule has 0 saturated carbocycles. The van der Waals surface area contributed by atoms with Crippen molar-refractivity contribution in [1.82, 2.24) is 9.55 Å². The highest BCUT2D eigenvalue weighted by Gasteiger charge is 2.19. The molecule has 1 aromatic carbocycles. The molecular weight excluding hydrogens is 287 g/mol. The molecule has 0 radical (unpaired) electrons. The van der Waals surface area contributed by atoms with Gasteiger partial charge in [-0.15, -0.1) is 0 Å². The normalized spacial score (nSPS) is 12.1. The monoisotopic (exact) mass is 300 g/mol. The maximum absolute atomic E-state index is 12.4. The highest BCUT2D eigenvalue weighted by Crippen LogP contribution is 2.24. The maximum atomic E-state index is 12.4. The first-order valence-electron chi connectivity index (χ1n) is 5.79. The SMILES string of the molecule is CC(C)(CO)Cn1cnc2c(Cl)cc(Cl)cc2c1=O. The van der Waals surface area contributed by atoms with Crippen LogP contribution in [0.5, 0.6) is 0 Å². The highest BCUT2D eigenvalue weighted by atomic mass is 35.5. The van der Waals surface area contributed by atoms with E-state index in [1.165, 1.54) is 10.9 Å². The summed E-state index contributed by atoms with van der Waals surface area (Å²) < 4.78 is 1.46. The number of nitrogens with zero attached hydrogens (tertiary/aromatic N) is 2. The van der Waals surface area contributed by atoms with E-state index in [0.717, 1.165) is 0 Å². The third kappa shape index (κ3) is 2.91. The summed E-state index contributed by atoms with van der Waals surface area (Å²) in [6.45, 7) is 4.09. The van der Waals surface area contributed by atoms with Gasteiger partial charge in [0.25, 0.3) is 5.56 Å². The van der Waals surface area contributed by atoms with Gasteiger partial charge in [0, 0.05) is 23.6 Å². The Bertz CT molecular complexity index is 680. The van der Waals surface area contributed by atoms with Crippen LogP contribution < -0.4 is 5.56 Å². The summed E-state index contributed by atoms with van der Waals surface area (Å²) in [7, 11) is 0. The lowest BCUT2D eigenvalue weighted by atomic mass is 9.95. The van der Waals surface area contributed by atoms with E-state index in [0.29, 0.717) is 27.5 Å². The number of aliphatic hydroxyl groups excluding tert-OH is 1. The third-order valence-electron chi connectivity index (χ3n) is 2.87. The van der Waals surface area contributed by atoms with E-state index in [1.807, 2.05) is 13.8 Å².